The molecule has 28 heavy (non-hydrogen) atoms. The first-order valence-corrected chi connectivity index (χ1v) is 11.3. The molecule has 0 saturated heterocycles. The van der Waals surface area contributed by atoms with Gasteiger partial charge in [-0.3, -0.25) is 4.79 Å². The van der Waals surface area contributed by atoms with E-state index in [1.807, 2.05) is 26.1 Å². The Hall–Kier alpha value is -2.16. The Morgan fingerprint density at radius 1 is 1.21 bits per heavy atom. The van der Waals surface area contributed by atoms with Gasteiger partial charge in [-0.2, -0.15) is 4.99 Å². The molecule has 0 bridgehead atoms. The smallest absolute Gasteiger partial charge is 0.249 e. The molecule has 0 saturated carbocycles. The first-order valence-electron chi connectivity index (χ1n) is 8.42. The van der Waals surface area contributed by atoms with E-state index in [1.54, 1.807) is 16.7 Å². The van der Waals surface area contributed by atoms with E-state index in [0.717, 1.165) is 15.8 Å². The van der Waals surface area contributed by atoms with Crippen molar-refractivity contribution >= 4 is 48.9 Å². The van der Waals surface area contributed by atoms with Crippen molar-refractivity contribution in [1.29, 1.82) is 0 Å². The van der Waals surface area contributed by atoms with Crippen LogP contribution in [-0.4, -0.2) is 31.8 Å². The van der Waals surface area contributed by atoms with Crippen LogP contribution in [-0.2, 0) is 21.7 Å². The van der Waals surface area contributed by atoms with Crippen LogP contribution < -0.4 is 9.54 Å². The highest BCUT2D eigenvalue weighted by molar-refractivity contribution is 7.91. The van der Waals surface area contributed by atoms with Gasteiger partial charge in [0.1, 0.15) is 5.75 Å². The maximum atomic E-state index is 12.4. The molecule has 0 atom stereocenters. The Morgan fingerprint density at radius 2 is 1.89 bits per heavy atom. The molecule has 0 aliphatic heterocycles. The van der Waals surface area contributed by atoms with Crippen molar-refractivity contribution in [2.24, 2.45) is 12.0 Å². The topological polar surface area (TPSA) is 77.7 Å². The molecular formula is C19H19ClN2O4S2. The number of hydrogen-bond acceptors (Lipinski definition) is 5. The molecule has 6 nitrogen and oxygen atoms in total. The van der Waals surface area contributed by atoms with Gasteiger partial charge < -0.3 is 9.30 Å². The van der Waals surface area contributed by atoms with Gasteiger partial charge in [-0.25, -0.2) is 8.42 Å². The number of aryl methyl sites for hydroxylation is 2. The number of fused-ring (bicyclic) bond motifs is 1. The number of methoxy groups -OCH3 is 1. The molecule has 0 unspecified atom stereocenters. The standard InChI is InChI=1S/C19H19ClN2O4S2/c1-12-15(20)8-9-16-18(12)22(2)19(27-16)21-17(23)10-11-28(24,25)14-6-4-13(26-3)5-7-14/h4-9H,10-11H2,1-3H3. The highest BCUT2D eigenvalue weighted by Crippen LogP contribution is 2.26. The Labute approximate surface area is 172 Å². The fourth-order valence-corrected chi connectivity index (χ4v) is 5.27. The molecule has 148 valence electrons. The van der Waals surface area contributed by atoms with E-state index in [4.69, 9.17) is 16.3 Å². The van der Waals surface area contributed by atoms with E-state index < -0.39 is 15.7 Å². The van der Waals surface area contributed by atoms with Crippen LogP contribution in [0.3, 0.4) is 0 Å². The van der Waals surface area contributed by atoms with E-state index in [9.17, 15) is 13.2 Å². The molecule has 1 aromatic heterocycles. The third-order valence-electron chi connectivity index (χ3n) is 4.38. The van der Waals surface area contributed by atoms with Gasteiger partial charge in [0.2, 0.25) is 5.91 Å². The van der Waals surface area contributed by atoms with Gasteiger partial charge in [-0.15, -0.1) is 0 Å². The summed E-state index contributed by atoms with van der Waals surface area (Å²) in [5, 5.41) is 0.643. The van der Waals surface area contributed by atoms with Crippen molar-refractivity contribution < 1.29 is 17.9 Å². The van der Waals surface area contributed by atoms with Crippen molar-refractivity contribution in [3.05, 3.63) is 51.8 Å². The fourth-order valence-electron chi connectivity index (χ4n) is 2.80. The molecule has 0 radical (unpaired) electrons. The van der Waals surface area contributed by atoms with Gasteiger partial charge in [-0.1, -0.05) is 22.9 Å². The largest absolute Gasteiger partial charge is 0.497 e. The van der Waals surface area contributed by atoms with Crippen LogP contribution in [0.2, 0.25) is 5.02 Å². The minimum Gasteiger partial charge on any atom is -0.497 e. The molecule has 3 aromatic rings. The molecule has 1 heterocycles. The minimum absolute atomic E-state index is 0.152. The molecule has 2 aromatic carbocycles. The zero-order valence-corrected chi connectivity index (χ0v) is 18.0. The molecule has 9 heteroatoms. The summed E-state index contributed by atoms with van der Waals surface area (Å²) in [4.78, 5) is 17.1. The monoisotopic (exact) mass is 438 g/mol. The van der Waals surface area contributed by atoms with E-state index in [-0.39, 0.29) is 17.1 Å². The third kappa shape index (κ3) is 4.14. The summed E-state index contributed by atoms with van der Waals surface area (Å²) in [6.45, 7) is 1.91. The van der Waals surface area contributed by atoms with Crippen LogP contribution in [0.5, 0.6) is 5.75 Å². The molecular weight excluding hydrogens is 420 g/mol. The summed E-state index contributed by atoms with van der Waals surface area (Å²) in [6, 6.07) is 9.77. The zero-order chi connectivity index (χ0) is 20.5. The average molecular weight is 439 g/mol. The van der Waals surface area contributed by atoms with Gasteiger partial charge in [0.25, 0.3) is 0 Å². The van der Waals surface area contributed by atoms with Crippen LogP contribution in [0.1, 0.15) is 12.0 Å². The van der Waals surface area contributed by atoms with Crippen LogP contribution in [0.25, 0.3) is 10.2 Å². The van der Waals surface area contributed by atoms with Crippen molar-refractivity contribution in [2.75, 3.05) is 12.9 Å². The summed E-state index contributed by atoms with van der Waals surface area (Å²) in [6.07, 6.45) is -0.192. The average Bonchev–Trinajstić information content (AvgIpc) is 2.99. The lowest BCUT2D eigenvalue weighted by molar-refractivity contribution is -0.117. The fraction of sp³-hybridized carbons (Fsp3) is 0.263. The van der Waals surface area contributed by atoms with Crippen molar-refractivity contribution in [3.63, 3.8) is 0 Å². The summed E-state index contributed by atoms with van der Waals surface area (Å²) in [7, 11) is -0.262. The number of nitrogens with zero attached hydrogens (tertiary/aromatic N) is 2. The lowest BCUT2D eigenvalue weighted by atomic mass is 10.2. The van der Waals surface area contributed by atoms with Crippen molar-refractivity contribution in [1.82, 2.24) is 4.57 Å². The quantitative estimate of drug-likeness (QED) is 0.610. The highest BCUT2D eigenvalue weighted by atomic mass is 35.5. The zero-order valence-electron chi connectivity index (χ0n) is 15.6. The Bertz CT molecular complexity index is 1210. The highest BCUT2D eigenvalue weighted by Gasteiger charge is 2.17. The summed E-state index contributed by atoms with van der Waals surface area (Å²) in [5.74, 6) is -0.220. The number of sulfone groups is 1. The van der Waals surface area contributed by atoms with Crippen LogP contribution in [0.4, 0.5) is 0 Å². The lowest BCUT2D eigenvalue weighted by Crippen LogP contribution is -2.16. The maximum absolute atomic E-state index is 12.4. The predicted octanol–water partition coefficient (Wildman–Crippen LogP) is 3.50. The number of hydrogen-bond donors (Lipinski definition) is 0. The molecule has 3 rings (SSSR count). The summed E-state index contributed by atoms with van der Waals surface area (Å²) < 4.78 is 32.6. The number of ether oxygens (including phenoxy) is 1. The number of thiazole rings is 1. The van der Waals surface area contributed by atoms with Gasteiger partial charge in [-0.05, 0) is 48.9 Å². The van der Waals surface area contributed by atoms with E-state index >= 15 is 0 Å². The van der Waals surface area contributed by atoms with Crippen molar-refractivity contribution in [3.8, 4) is 5.75 Å². The van der Waals surface area contributed by atoms with Gasteiger partial charge >= 0.3 is 0 Å². The van der Waals surface area contributed by atoms with Crippen molar-refractivity contribution in [2.45, 2.75) is 18.2 Å². The Balaban J connectivity index is 1.81. The Morgan fingerprint density at radius 3 is 2.54 bits per heavy atom. The second-order valence-electron chi connectivity index (χ2n) is 6.21. The normalized spacial score (nSPS) is 12.5. The molecule has 0 aliphatic carbocycles. The van der Waals surface area contributed by atoms with E-state index in [0.29, 0.717) is 15.6 Å². The Kier molecular flexibility index (Phi) is 5.92. The van der Waals surface area contributed by atoms with E-state index in [1.165, 1.54) is 30.6 Å². The molecule has 1 amide bonds. The number of rotatable bonds is 5. The second kappa shape index (κ2) is 8.06. The molecule has 0 fully saturated rings. The van der Waals surface area contributed by atoms with Gasteiger partial charge in [0, 0.05) is 18.5 Å². The number of amides is 1. The van der Waals surface area contributed by atoms with Crippen LogP contribution in [0.15, 0.2) is 46.3 Å². The number of aromatic nitrogens is 1. The number of halogens is 1. The first kappa shape index (κ1) is 20.6. The van der Waals surface area contributed by atoms with E-state index in [2.05, 4.69) is 4.99 Å². The summed E-state index contributed by atoms with van der Waals surface area (Å²) in [5.41, 5.74) is 1.82. The number of benzene rings is 2. The number of carbonyl (C=O) groups excluding carboxylic acids is 1. The second-order valence-corrected chi connectivity index (χ2v) is 9.74. The predicted molar refractivity (Wildman–Crippen MR) is 111 cm³/mol. The minimum atomic E-state index is -3.58. The SMILES string of the molecule is COc1ccc(S(=O)(=O)CCC(=O)N=c2sc3ccc(Cl)c(C)c3n2C)cc1. The molecule has 0 spiro atoms. The lowest BCUT2D eigenvalue weighted by Gasteiger charge is -2.04. The maximum Gasteiger partial charge on any atom is 0.249 e. The first-order chi connectivity index (χ1) is 13.2. The molecule has 0 aliphatic rings. The third-order valence-corrected chi connectivity index (χ3v) is 7.61. The van der Waals surface area contributed by atoms with Crippen LogP contribution in [0, 0.1) is 6.92 Å². The van der Waals surface area contributed by atoms with Crippen LogP contribution >= 0.6 is 22.9 Å². The number of carbonyl (C=O) groups is 1. The van der Waals surface area contributed by atoms with Gasteiger partial charge in [0.15, 0.2) is 14.6 Å². The summed E-state index contributed by atoms with van der Waals surface area (Å²) >= 11 is 7.53. The molecule has 0 N–H and O–H groups in total. The van der Waals surface area contributed by atoms with Gasteiger partial charge in [0.05, 0.1) is 28.0 Å².